The zero-order chi connectivity index (χ0) is 14.7. The fourth-order valence-corrected chi connectivity index (χ4v) is 2.84. The Bertz CT molecular complexity index is 643. The van der Waals surface area contributed by atoms with Crippen LogP contribution in [0.25, 0.3) is 0 Å². The zero-order valence-corrected chi connectivity index (χ0v) is 12.4. The fraction of sp³-hybridized carbons (Fsp3) is 0.286. The molecule has 1 amide bonds. The van der Waals surface area contributed by atoms with Gasteiger partial charge in [0.25, 0.3) is 5.91 Å². The number of rotatable bonds is 4. The minimum atomic E-state index is -0.440. The Balaban J connectivity index is 2.28. The van der Waals surface area contributed by atoms with Crippen molar-refractivity contribution in [1.29, 1.82) is 0 Å². The first kappa shape index (κ1) is 14.3. The van der Waals surface area contributed by atoms with Crippen molar-refractivity contribution >= 4 is 28.9 Å². The predicted molar refractivity (Wildman–Crippen MR) is 78.5 cm³/mol. The van der Waals surface area contributed by atoms with Gasteiger partial charge in [-0.3, -0.25) is 4.79 Å². The Morgan fingerprint density at radius 2 is 2.20 bits per heavy atom. The summed E-state index contributed by atoms with van der Waals surface area (Å²) in [5.41, 5.74) is 1.93. The minimum absolute atomic E-state index is 0.233. The van der Waals surface area contributed by atoms with E-state index in [4.69, 9.17) is 4.74 Å². The summed E-state index contributed by atoms with van der Waals surface area (Å²) in [7, 11) is 1.32. The highest BCUT2D eigenvalue weighted by molar-refractivity contribution is 7.12. The van der Waals surface area contributed by atoms with Crippen LogP contribution >= 0.6 is 11.3 Å². The molecule has 0 radical (unpaired) electrons. The van der Waals surface area contributed by atoms with Gasteiger partial charge in [0.2, 0.25) is 0 Å². The summed E-state index contributed by atoms with van der Waals surface area (Å²) in [5.74, 6) is -0.673. The molecule has 0 aromatic carbocycles. The third-order valence-electron chi connectivity index (χ3n) is 2.99. The normalized spacial score (nSPS) is 10.3. The Morgan fingerprint density at radius 3 is 2.85 bits per heavy atom. The number of amides is 1. The van der Waals surface area contributed by atoms with E-state index in [1.54, 1.807) is 6.07 Å². The number of methoxy groups -OCH3 is 1. The van der Waals surface area contributed by atoms with Gasteiger partial charge < -0.3 is 14.6 Å². The highest BCUT2D eigenvalue weighted by atomic mass is 32.1. The van der Waals surface area contributed by atoms with Crippen molar-refractivity contribution in [3.8, 4) is 0 Å². The van der Waals surface area contributed by atoms with Crippen molar-refractivity contribution in [2.45, 2.75) is 20.4 Å². The Hall–Kier alpha value is -2.08. The topological polar surface area (TPSA) is 60.3 Å². The average Bonchev–Trinajstić information content (AvgIpc) is 3.05. The van der Waals surface area contributed by atoms with E-state index in [-0.39, 0.29) is 5.91 Å². The van der Waals surface area contributed by atoms with Crippen molar-refractivity contribution < 1.29 is 14.3 Å². The van der Waals surface area contributed by atoms with Crippen LogP contribution in [0.3, 0.4) is 0 Å². The van der Waals surface area contributed by atoms with Crippen molar-refractivity contribution in [1.82, 2.24) is 4.57 Å². The highest BCUT2D eigenvalue weighted by Crippen LogP contribution is 2.28. The molecule has 5 nitrogen and oxygen atoms in total. The molecule has 0 atom stereocenters. The molecule has 0 unspecified atom stereocenters. The molecular weight excluding hydrogens is 276 g/mol. The van der Waals surface area contributed by atoms with Gasteiger partial charge in [-0.25, -0.2) is 4.79 Å². The van der Waals surface area contributed by atoms with E-state index >= 15 is 0 Å². The van der Waals surface area contributed by atoms with E-state index in [0.717, 1.165) is 5.56 Å². The molecule has 0 aliphatic heterocycles. The molecule has 0 saturated carbocycles. The number of anilines is 1. The number of hydrogen-bond acceptors (Lipinski definition) is 4. The van der Waals surface area contributed by atoms with Gasteiger partial charge in [0.05, 0.1) is 12.8 Å². The lowest BCUT2D eigenvalue weighted by Gasteiger charge is -2.09. The van der Waals surface area contributed by atoms with E-state index in [0.29, 0.717) is 22.8 Å². The number of aryl methyl sites for hydroxylation is 2. The summed E-state index contributed by atoms with van der Waals surface area (Å²) in [6.07, 6.45) is 1.84. The Labute approximate surface area is 121 Å². The second kappa shape index (κ2) is 5.92. The number of carbonyl (C=O) groups is 2. The molecule has 106 valence electrons. The summed E-state index contributed by atoms with van der Waals surface area (Å²) in [4.78, 5) is 24.4. The minimum Gasteiger partial charge on any atom is -0.465 e. The standard InChI is InChI=1S/C14H16N2O3S/c1-4-16-7-5-6-10(16)13(17)15-11-9(2)8-20-12(11)14(18)19-3/h5-8H,4H2,1-3H3,(H,15,17). The average molecular weight is 292 g/mol. The van der Waals surface area contributed by atoms with Gasteiger partial charge in [0.1, 0.15) is 10.6 Å². The Morgan fingerprint density at radius 1 is 1.45 bits per heavy atom. The number of nitrogens with zero attached hydrogens (tertiary/aromatic N) is 1. The molecule has 0 saturated heterocycles. The first-order chi connectivity index (χ1) is 9.58. The first-order valence-corrected chi connectivity index (χ1v) is 7.09. The van der Waals surface area contributed by atoms with Crippen molar-refractivity contribution in [3.63, 3.8) is 0 Å². The summed E-state index contributed by atoms with van der Waals surface area (Å²) < 4.78 is 6.56. The second-order valence-corrected chi connectivity index (χ2v) is 5.13. The number of aromatic nitrogens is 1. The smallest absolute Gasteiger partial charge is 0.350 e. The number of nitrogens with one attached hydrogen (secondary N) is 1. The molecule has 2 rings (SSSR count). The molecule has 6 heteroatoms. The fourth-order valence-electron chi connectivity index (χ4n) is 1.92. The van der Waals surface area contributed by atoms with E-state index in [1.165, 1.54) is 18.4 Å². The summed E-state index contributed by atoms with van der Waals surface area (Å²) in [6, 6.07) is 3.57. The van der Waals surface area contributed by atoms with Gasteiger partial charge in [-0.2, -0.15) is 0 Å². The lowest BCUT2D eigenvalue weighted by Crippen LogP contribution is -2.18. The largest absolute Gasteiger partial charge is 0.465 e. The van der Waals surface area contributed by atoms with Crippen LogP contribution in [0.2, 0.25) is 0 Å². The van der Waals surface area contributed by atoms with Crippen LogP contribution < -0.4 is 5.32 Å². The third-order valence-corrected chi connectivity index (χ3v) is 4.07. The second-order valence-electron chi connectivity index (χ2n) is 4.25. The van der Waals surface area contributed by atoms with Gasteiger partial charge in [0.15, 0.2) is 0 Å². The predicted octanol–water partition coefficient (Wildman–Crippen LogP) is 2.92. The number of carbonyl (C=O) groups excluding carboxylic acids is 2. The van der Waals surface area contributed by atoms with Gasteiger partial charge >= 0.3 is 5.97 Å². The van der Waals surface area contributed by atoms with E-state index in [2.05, 4.69) is 5.32 Å². The van der Waals surface area contributed by atoms with Crippen molar-refractivity contribution in [2.24, 2.45) is 0 Å². The maximum atomic E-state index is 12.3. The molecule has 2 aromatic heterocycles. The van der Waals surface area contributed by atoms with Crippen LogP contribution in [-0.2, 0) is 11.3 Å². The maximum Gasteiger partial charge on any atom is 0.350 e. The molecule has 0 aliphatic carbocycles. The van der Waals surface area contributed by atoms with Gasteiger partial charge in [-0.1, -0.05) is 0 Å². The van der Waals surface area contributed by atoms with E-state index in [1.807, 2.05) is 36.1 Å². The molecule has 1 N–H and O–H groups in total. The molecule has 20 heavy (non-hydrogen) atoms. The summed E-state index contributed by atoms with van der Waals surface area (Å²) >= 11 is 1.26. The quantitative estimate of drug-likeness (QED) is 0.881. The molecule has 0 spiro atoms. The first-order valence-electron chi connectivity index (χ1n) is 6.21. The molecular formula is C14H16N2O3S. The summed E-state index contributed by atoms with van der Waals surface area (Å²) in [5, 5.41) is 4.62. The van der Waals surface area contributed by atoms with E-state index in [9.17, 15) is 9.59 Å². The van der Waals surface area contributed by atoms with Crippen LogP contribution in [0.15, 0.2) is 23.7 Å². The SMILES string of the molecule is CCn1cccc1C(=O)Nc1c(C)csc1C(=O)OC. The maximum absolute atomic E-state index is 12.3. The molecule has 2 aromatic rings. The Kier molecular flexibility index (Phi) is 4.24. The lowest BCUT2D eigenvalue weighted by molar-refractivity contribution is 0.0607. The van der Waals surface area contributed by atoms with Crippen LogP contribution in [0.1, 0.15) is 32.6 Å². The molecule has 0 aliphatic rings. The molecule has 0 fully saturated rings. The number of thiophene rings is 1. The monoisotopic (exact) mass is 292 g/mol. The van der Waals surface area contributed by atoms with Gasteiger partial charge in [-0.15, -0.1) is 11.3 Å². The van der Waals surface area contributed by atoms with Gasteiger partial charge in [0, 0.05) is 12.7 Å². The highest BCUT2D eigenvalue weighted by Gasteiger charge is 2.20. The van der Waals surface area contributed by atoms with Crippen molar-refractivity contribution in [2.75, 3.05) is 12.4 Å². The molecule has 0 bridgehead atoms. The van der Waals surface area contributed by atoms with Crippen LogP contribution in [0.5, 0.6) is 0 Å². The lowest BCUT2D eigenvalue weighted by atomic mass is 10.2. The number of hydrogen-bond donors (Lipinski definition) is 1. The van der Waals surface area contributed by atoms with Crippen LogP contribution in [0.4, 0.5) is 5.69 Å². The zero-order valence-electron chi connectivity index (χ0n) is 11.6. The van der Waals surface area contributed by atoms with Crippen molar-refractivity contribution in [3.05, 3.63) is 39.8 Å². The number of esters is 1. The molecule has 2 heterocycles. The summed E-state index contributed by atoms with van der Waals surface area (Å²) in [6.45, 7) is 4.52. The van der Waals surface area contributed by atoms with E-state index < -0.39 is 5.97 Å². The van der Waals surface area contributed by atoms with Crippen LogP contribution in [0, 0.1) is 6.92 Å². The van der Waals surface area contributed by atoms with Crippen LogP contribution in [-0.4, -0.2) is 23.6 Å². The third kappa shape index (κ3) is 2.60. The number of ether oxygens (including phenoxy) is 1. The van der Waals surface area contributed by atoms with Gasteiger partial charge in [-0.05, 0) is 36.9 Å².